The van der Waals surface area contributed by atoms with Gasteiger partial charge in [0.25, 0.3) is 0 Å². The highest BCUT2D eigenvalue weighted by Crippen LogP contribution is 2.34. The van der Waals surface area contributed by atoms with E-state index in [2.05, 4.69) is 9.71 Å². The highest BCUT2D eigenvalue weighted by molar-refractivity contribution is 7.90. The van der Waals surface area contributed by atoms with E-state index in [0.717, 1.165) is 0 Å². The molecule has 0 radical (unpaired) electrons. The van der Waals surface area contributed by atoms with Gasteiger partial charge in [0.1, 0.15) is 10.5 Å². The lowest BCUT2D eigenvalue weighted by Crippen LogP contribution is -2.45. The summed E-state index contributed by atoms with van der Waals surface area (Å²) in [6.45, 7) is 4.76. The van der Waals surface area contributed by atoms with Crippen molar-refractivity contribution in [3.63, 3.8) is 0 Å². The Kier molecular flexibility index (Phi) is 5.28. The monoisotopic (exact) mass is 310 g/mol. The minimum Gasteiger partial charge on any atom is -0.598 e. The molecule has 2 atom stereocenters. The van der Waals surface area contributed by atoms with Crippen LogP contribution in [-0.4, -0.2) is 27.6 Å². The molecule has 0 spiro atoms. The fourth-order valence-electron chi connectivity index (χ4n) is 1.26. The second-order valence-corrected chi connectivity index (χ2v) is 7.09. The molecular formula is C12H17F3N2O2S. The smallest absolute Gasteiger partial charge is 0.413 e. The first kappa shape index (κ1) is 17.1. The molecule has 0 bridgehead atoms. The lowest BCUT2D eigenvalue weighted by atomic mass is 10.2. The summed E-state index contributed by atoms with van der Waals surface area (Å²) in [4.78, 5) is 3.71. The minimum atomic E-state index is -4.59. The molecule has 0 amide bonds. The third-order valence-corrected chi connectivity index (χ3v) is 3.96. The number of nitrogens with zero attached hydrogens (tertiary/aromatic N) is 1. The van der Waals surface area contributed by atoms with Gasteiger partial charge in [-0.15, -0.1) is 4.72 Å². The Morgan fingerprint density at radius 3 is 2.25 bits per heavy atom. The zero-order valence-electron chi connectivity index (χ0n) is 11.6. The van der Waals surface area contributed by atoms with Gasteiger partial charge < -0.3 is 9.29 Å². The van der Waals surface area contributed by atoms with E-state index in [0.29, 0.717) is 5.75 Å². The Balaban J connectivity index is 3.01. The van der Waals surface area contributed by atoms with Crippen molar-refractivity contribution in [2.75, 3.05) is 7.11 Å². The Labute approximate surface area is 119 Å². The first-order valence-corrected chi connectivity index (χ1v) is 6.95. The summed E-state index contributed by atoms with van der Waals surface area (Å²) in [6, 6.07) is 0.487. The van der Waals surface area contributed by atoms with Crippen LogP contribution in [0.3, 0.4) is 0 Å². The van der Waals surface area contributed by atoms with Gasteiger partial charge in [-0.1, -0.05) is 0 Å². The molecule has 1 rings (SSSR count). The molecule has 0 aromatic carbocycles. The van der Waals surface area contributed by atoms with E-state index in [9.17, 15) is 17.7 Å². The molecule has 1 N–H and O–H groups in total. The zero-order chi connectivity index (χ0) is 15.6. The molecule has 1 aromatic heterocycles. The molecule has 0 aliphatic rings. The van der Waals surface area contributed by atoms with Crippen LogP contribution in [0.1, 0.15) is 32.5 Å². The molecule has 0 aliphatic carbocycles. The van der Waals surface area contributed by atoms with Crippen LogP contribution in [0.15, 0.2) is 18.3 Å². The number of ether oxygens (including phenoxy) is 1. The van der Waals surface area contributed by atoms with E-state index >= 15 is 0 Å². The van der Waals surface area contributed by atoms with Gasteiger partial charge >= 0.3 is 6.18 Å². The molecule has 8 heteroatoms. The van der Waals surface area contributed by atoms with Gasteiger partial charge in [0.2, 0.25) is 0 Å². The number of halogens is 3. The average Bonchev–Trinajstić information content (AvgIpc) is 2.33. The summed E-state index contributed by atoms with van der Waals surface area (Å²) in [5.74, 6) is 0.353. The van der Waals surface area contributed by atoms with E-state index < -0.39 is 28.3 Å². The predicted molar refractivity (Wildman–Crippen MR) is 70.6 cm³/mol. The van der Waals surface area contributed by atoms with Crippen LogP contribution < -0.4 is 9.46 Å². The molecule has 0 saturated carbocycles. The van der Waals surface area contributed by atoms with Crippen molar-refractivity contribution in [3.05, 3.63) is 24.0 Å². The van der Waals surface area contributed by atoms with E-state index in [1.54, 1.807) is 20.8 Å². The molecule has 1 aromatic rings. The number of alkyl halides is 3. The van der Waals surface area contributed by atoms with Crippen LogP contribution in [0.4, 0.5) is 13.2 Å². The lowest BCUT2D eigenvalue weighted by molar-refractivity contribution is -0.153. The largest absolute Gasteiger partial charge is 0.598 e. The van der Waals surface area contributed by atoms with Crippen LogP contribution in [-0.2, 0) is 11.4 Å². The fraction of sp³-hybridized carbons (Fsp3) is 0.583. The van der Waals surface area contributed by atoms with E-state index in [1.165, 1.54) is 25.4 Å². The Bertz CT molecular complexity index is 432. The molecule has 0 saturated heterocycles. The fourth-order valence-corrected chi connectivity index (χ4v) is 2.08. The predicted octanol–water partition coefficient (Wildman–Crippen LogP) is 2.75. The average molecular weight is 310 g/mol. The lowest BCUT2D eigenvalue weighted by Gasteiger charge is -2.28. The van der Waals surface area contributed by atoms with Crippen molar-refractivity contribution >= 4 is 11.4 Å². The summed E-state index contributed by atoms with van der Waals surface area (Å²) < 4.78 is 57.2. The van der Waals surface area contributed by atoms with Crippen molar-refractivity contribution in [2.24, 2.45) is 0 Å². The quantitative estimate of drug-likeness (QED) is 0.869. The number of hydrogen-bond donors (Lipinski definition) is 1. The summed E-state index contributed by atoms with van der Waals surface area (Å²) in [5.41, 5.74) is -0.254. The molecule has 0 fully saturated rings. The molecule has 114 valence electrons. The van der Waals surface area contributed by atoms with Gasteiger partial charge in [-0.3, -0.25) is 4.98 Å². The van der Waals surface area contributed by atoms with Gasteiger partial charge in [-0.05, 0) is 32.9 Å². The Hall–Kier alpha value is -0.990. The maximum atomic E-state index is 13.1. The van der Waals surface area contributed by atoms with Crippen LogP contribution in [0.5, 0.6) is 5.75 Å². The van der Waals surface area contributed by atoms with Crippen molar-refractivity contribution in [2.45, 2.75) is 37.7 Å². The van der Waals surface area contributed by atoms with Crippen LogP contribution in [0, 0.1) is 0 Å². The van der Waals surface area contributed by atoms with Crippen molar-refractivity contribution in [3.8, 4) is 5.75 Å². The number of hydrogen-bond acceptors (Lipinski definition) is 4. The normalized spacial score (nSPS) is 15.8. The number of pyridine rings is 1. The maximum absolute atomic E-state index is 13.1. The third-order valence-electron chi connectivity index (χ3n) is 2.40. The van der Waals surface area contributed by atoms with Crippen LogP contribution in [0.2, 0.25) is 0 Å². The second-order valence-electron chi connectivity index (χ2n) is 5.10. The summed E-state index contributed by atoms with van der Waals surface area (Å²) in [7, 11) is 1.39. The number of methoxy groups -OCH3 is 1. The Morgan fingerprint density at radius 1 is 1.30 bits per heavy atom. The first-order chi connectivity index (χ1) is 9.05. The molecule has 0 aliphatic heterocycles. The molecule has 0 unspecified atom stereocenters. The van der Waals surface area contributed by atoms with Crippen LogP contribution in [0.25, 0.3) is 0 Å². The molecule has 20 heavy (non-hydrogen) atoms. The van der Waals surface area contributed by atoms with Crippen molar-refractivity contribution in [1.82, 2.24) is 9.71 Å². The number of rotatable bonds is 4. The summed E-state index contributed by atoms with van der Waals surface area (Å²) in [5, 5.41) is 0. The highest BCUT2D eigenvalue weighted by Gasteiger charge is 2.46. The maximum Gasteiger partial charge on any atom is 0.413 e. The number of aromatic nitrogens is 1. The van der Waals surface area contributed by atoms with E-state index in [1.807, 2.05) is 0 Å². The van der Waals surface area contributed by atoms with Gasteiger partial charge in [0, 0.05) is 11.4 Å². The van der Waals surface area contributed by atoms with Gasteiger partial charge in [-0.2, -0.15) is 13.2 Å². The van der Waals surface area contributed by atoms with Gasteiger partial charge in [0.05, 0.1) is 19.0 Å². The summed E-state index contributed by atoms with van der Waals surface area (Å²) in [6.07, 6.45) is -3.40. The minimum absolute atomic E-state index is 0.254. The molecular weight excluding hydrogens is 293 g/mol. The van der Waals surface area contributed by atoms with E-state index in [4.69, 9.17) is 4.74 Å². The third kappa shape index (κ3) is 4.53. The zero-order valence-corrected chi connectivity index (χ0v) is 12.4. The van der Waals surface area contributed by atoms with Crippen molar-refractivity contribution < 1.29 is 22.5 Å². The Morgan fingerprint density at radius 2 is 1.90 bits per heavy atom. The standard InChI is InChI=1S/C12H17F3N2O2S/c1-11(2,3)20(18)17-10(12(13,14)15)9-6-5-8(19-4)7-16-9/h5-7,10,17H,1-4H3/t10-,20-/m1/s1. The second kappa shape index (κ2) is 6.19. The van der Waals surface area contributed by atoms with Gasteiger partial charge in [-0.25, -0.2) is 0 Å². The summed E-state index contributed by atoms with van der Waals surface area (Å²) >= 11 is -1.86. The highest BCUT2D eigenvalue weighted by atomic mass is 32.2. The van der Waals surface area contributed by atoms with Gasteiger partial charge in [0.15, 0.2) is 6.04 Å². The van der Waals surface area contributed by atoms with Crippen molar-refractivity contribution in [1.29, 1.82) is 0 Å². The van der Waals surface area contributed by atoms with E-state index in [-0.39, 0.29) is 5.69 Å². The molecule has 1 heterocycles. The first-order valence-electron chi connectivity index (χ1n) is 5.80. The number of nitrogens with one attached hydrogen (secondary N) is 1. The topological polar surface area (TPSA) is 57.2 Å². The van der Waals surface area contributed by atoms with Crippen LogP contribution >= 0.6 is 0 Å². The SMILES string of the molecule is COc1ccc([C@@H](N[S@+]([O-])C(C)(C)C)C(F)(F)F)nc1. The molecule has 4 nitrogen and oxygen atoms in total.